The fourth-order valence-electron chi connectivity index (χ4n) is 2.01. The van der Waals surface area contributed by atoms with Crippen molar-refractivity contribution in [3.63, 3.8) is 0 Å². The van der Waals surface area contributed by atoms with Crippen molar-refractivity contribution < 1.29 is 4.79 Å². The third-order valence-electron chi connectivity index (χ3n) is 2.89. The number of unbranched alkanes of at least 4 members (excludes halogenated alkanes) is 1. The van der Waals surface area contributed by atoms with Crippen molar-refractivity contribution >= 4 is 5.91 Å². The van der Waals surface area contributed by atoms with Gasteiger partial charge >= 0.3 is 0 Å². The van der Waals surface area contributed by atoms with Crippen molar-refractivity contribution in [1.29, 1.82) is 0 Å². The lowest BCUT2D eigenvalue weighted by Gasteiger charge is -2.30. The van der Waals surface area contributed by atoms with Gasteiger partial charge in [0.2, 0.25) is 5.91 Å². The summed E-state index contributed by atoms with van der Waals surface area (Å²) in [6, 6.07) is 0. The number of hydrogen-bond acceptors (Lipinski definition) is 2. The summed E-state index contributed by atoms with van der Waals surface area (Å²) in [5, 5.41) is 3.47. The molecular weight excluding hydrogens is 188 g/mol. The molecule has 0 aliphatic carbocycles. The second-order valence-corrected chi connectivity index (χ2v) is 5.08. The number of rotatable bonds is 3. The van der Waals surface area contributed by atoms with E-state index in [2.05, 4.69) is 26.1 Å². The summed E-state index contributed by atoms with van der Waals surface area (Å²) in [6.45, 7) is 9.23. The maximum absolute atomic E-state index is 11.9. The van der Waals surface area contributed by atoms with Crippen LogP contribution in [0.25, 0.3) is 0 Å². The van der Waals surface area contributed by atoms with E-state index in [4.69, 9.17) is 0 Å². The summed E-state index contributed by atoms with van der Waals surface area (Å²) in [6.07, 6.45) is 3.90. The molecule has 0 radical (unpaired) electrons. The summed E-state index contributed by atoms with van der Waals surface area (Å²) in [4.78, 5) is 13.9. The summed E-state index contributed by atoms with van der Waals surface area (Å²) >= 11 is 0. The van der Waals surface area contributed by atoms with Crippen molar-refractivity contribution in [2.75, 3.05) is 19.6 Å². The van der Waals surface area contributed by atoms with Gasteiger partial charge in [-0.2, -0.15) is 0 Å². The van der Waals surface area contributed by atoms with Crippen molar-refractivity contribution in [2.24, 2.45) is 0 Å². The van der Waals surface area contributed by atoms with Crippen LogP contribution in [-0.2, 0) is 4.79 Å². The van der Waals surface area contributed by atoms with Crippen LogP contribution in [0.2, 0.25) is 0 Å². The van der Waals surface area contributed by atoms with E-state index in [0.29, 0.717) is 12.3 Å². The molecule has 3 heteroatoms. The molecule has 1 aliphatic rings. The quantitative estimate of drug-likeness (QED) is 0.773. The molecule has 0 aromatic rings. The Morgan fingerprint density at radius 3 is 2.87 bits per heavy atom. The van der Waals surface area contributed by atoms with Crippen LogP contribution < -0.4 is 5.32 Å². The predicted octanol–water partition coefficient (Wildman–Crippen LogP) is 1.78. The Labute approximate surface area is 93.2 Å². The number of nitrogens with zero attached hydrogens (tertiary/aromatic N) is 1. The fourth-order valence-corrected chi connectivity index (χ4v) is 2.01. The van der Waals surface area contributed by atoms with Crippen LogP contribution in [0.15, 0.2) is 0 Å². The highest BCUT2D eigenvalue weighted by molar-refractivity contribution is 5.76. The molecule has 3 nitrogen and oxygen atoms in total. The van der Waals surface area contributed by atoms with Crippen LogP contribution in [0.4, 0.5) is 0 Å². The maximum Gasteiger partial charge on any atom is 0.222 e. The first-order valence-corrected chi connectivity index (χ1v) is 6.08. The Balaban J connectivity index is 2.48. The predicted molar refractivity (Wildman–Crippen MR) is 62.8 cm³/mol. The van der Waals surface area contributed by atoms with E-state index in [1.807, 2.05) is 4.90 Å². The zero-order chi connectivity index (χ0) is 11.3. The summed E-state index contributed by atoms with van der Waals surface area (Å²) in [5.41, 5.74) is 0.0678. The first-order chi connectivity index (χ1) is 7.05. The van der Waals surface area contributed by atoms with E-state index in [1.165, 1.54) is 0 Å². The lowest BCUT2D eigenvalue weighted by Crippen LogP contribution is -2.47. The molecule has 1 heterocycles. The molecule has 1 fully saturated rings. The average Bonchev–Trinajstić information content (AvgIpc) is 2.35. The molecule has 0 aromatic heterocycles. The summed E-state index contributed by atoms with van der Waals surface area (Å²) in [5.74, 6) is 0.327. The van der Waals surface area contributed by atoms with Crippen molar-refractivity contribution in [1.82, 2.24) is 10.2 Å². The van der Waals surface area contributed by atoms with E-state index >= 15 is 0 Å². The average molecular weight is 212 g/mol. The minimum absolute atomic E-state index is 0.0678. The Bertz CT molecular complexity index is 214. The second-order valence-electron chi connectivity index (χ2n) is 5.08. The molecule has 88 valence electrons. The SMILES string of the molecule is CCCCC(=O)N1CCCNC(C)(C)C1. The topological polar surface area (TPSA) is 32.3 Å². The van der Waals surface area contributed by atoms with E-state index < -0.39 is 0 Å². The van der Waals surface area contributed by atoms with Gasteiger partial charge in [0.1, 0.15) is 0 Å². The zero-order valence-corrected chi connectivity index (χ0v) is 10.3. The molecule has 0 unspecified atom stereocenters. The number of hydrogen-bond donors (Lipinski definition) is 1. The third-order valence-corrected chi connectivity index (χ3v) is 2.89. The van der Waals surface area contributed by atoms with E-state index in [0.717, 1.165) is 38.9 Å². The van der Waals surface area contributed by atoms with Gasteiger partial charge in [0.15, 0.2) is 0 Å². The van der Waals surface area contributed by atoms with Crippen LogP contribution in [-0.4, -0.2) is 36.0 Å². The maximum atomic E-state index is 11.9. The fraction of sp³-hybridized carbons (Fsp3) is 0.917. The highest BCUT2D eigenvalue weighted by Gasteiger charge is 2.26. The van der Waals surface area contributed by atoms with Gasteiger partial charge in [0.05, 0.1) is 0 Å². The molecule has 0 spiro atoms. The first-order valence-electron chi connectivity index (χ1n) is 6.08. The van der Waals surface area contributed by atoms with E-state index in [-0.39, 0.29) is 5.54 Å². The Morgan fingerprint density at radius 1 is 1.47 bits per heavy atom. The standard InChI is InChI=1S/C12H24N2O/c1-4-5-7-11(15)14-9-6-8-13-12(2,3)10-14/h13H,4-10H2,1-3H3. The third kappa shape index (κ3) is 4.20. The van der Waals surface area contributed by atoms with Crippen molar-refractivity contribution in [3.05, 3.63) is 0 Å². The number of carbonyl (C=O) groups is 1. The smallest absolute Gasteiger partial charge is 0.222 e. The van der Waals surface area contributed by atoms with Gasteiger partial charge in [-0.1, -0.05) is 13.3 Å². The van der Waals surface area contributed by atoms with Gasteiger partial charge in [0.25, 0.3) is 0 Å². The lowest BCUT2D eigenvalue weighted by atomic mass is 10.1. The molecule has 1 N–H and O–H groups in total. The van der Waals surface area contributed by atoms with Crippen LogP contribution in [0.3, 0.4) is 0 Å². The van der Waals surface area contributed by atoms with E-state index in [9.17, 15) is 4.79 Å². The zero-order valence-electron chi connectivity index (χ0n) is 10.3. The van der Waals surface area contributed by atoms with Crippen LogP contribution >= 0.6 is 0 Å². The van der Waals surface area contributed by atoms with Crippen LogP contribution in [0, 0.1) is 0 Å². The molecule has 0 atom stereocenters. The van der Waals surface area contributed by atoms with Crippen LogP contribution in [0.5, 0.6) is 0 Å². The number of nitrogens with one attached hydrogen (secondary N) is 1. The Hall–Kier alpha value is -0.570. The molecule has 1 aliphatic heterocycles. The van der Waals surface area contributed by atoms with E-state index in [1.54, 1.807) is 0 Å². The normalized spacial score (nSPS) is 21.1. The van der Waals surface area contributed by atoms with Gasteiger partial charge < -0.3 is 10.2 Å². The Kier molecular flexibility index (Phi) is 4.58. The monoisotopic (exact) mass is 212 g/mol. The molecule has 0 saturated carbocycles. The molecule has 1 amide bonds. The van der Waals surface area contributed by atoms with Gasteiger partial charge in [-0.05, 0) is 33.2 Å². The van der Waals surface area contributed by atoms with Crippen LogP contribution in [0.1, 0.15) is 46.5 Å². The minimum Gasteiger partial charge on any atom is -0.341 e. The molecule has 1 rings (SSSR count). The van der Waals surface area contributed by atoms with Crippen molar-refractivity contribution in [3.8, 4) is 0 Å². The molecule has 1 saturated heterocycles. The number of carbonyl (C=O) groups excluding carboxylic acids is 1. The minimum atomic E-state index is 0.0678. The summed E-state index contributed by atoms with van der Waals surface area (Å²) in [7, 11) is 0. The highest BCUT2D eigenvalue weighted by Crippen LogP contribution is 2.12. The summed E-state index contributed by atoms with van der Waals surface area (Å²) < 4.78 is 0. The first kappa shape index (κ1) is 12.5. The van der Waals surface area contributed by atoms with Crippen molar-refractivity contribution in [2.45, 2.75) is 52.0 Å². The largest absolute Gasteiger partial charge is 0.341 e. The number of amides is 1. The second kappa shape index (κ2) is 5.50. The van der Waals surface area contributed by atoms with Gasteiger partial charge in [-0.25, -0.2) is 0 Å². The van der Waals surface area contributed by atoms with Gasteiger partial charge in [-0.3, -0.25) is 4.79 Å². The Morgan fingerprint density at radius 2 is 2.20 bits per heavy atom. The highest BCUT2D eigenvalue weighted by atomic mass is 16.2. The molecule has 15 heavy (non-hydrogen) atoms. The van der Waals surface area contributed by atoms with Gasteiger partial charge in [0, 0.05) is 25.0 Å². The lowest BCUT2D eigenvalue weighted by molar-refractivity contribution is -0.131. The van der Waals surface area contributed by atoms with Gasteiger partial charge in [-0.15, -0.1) is 0 Å². The molecule has 0 bridgehead atoms. The molecular formula is C12H24N2O. The molecule has 0 aromatic carbocycles.